The van der Waals surface area contributed by atoms with Crippen LogP contribution in [0.4, 0.5) is 0 Å². The summed E-state index contributed by atoms with van der Waals surface area (Å²) in [7, 11) is 0. The number of aldehydes is 1. The van der Waals surface area contributed by atoms with E-state index in [9.17, 15) is 9.90 Å². The normalized spacial score (nSPS) is 20.4. The summed E-state index contributed by atoms with van der Waals surface area (Å²) >= 11 is 3.53. The van der Waals surface area contributed by atoms with Crippen LogP contribution in [0.1, 0.15) is 0 Å². The molecule has 0 amide bonds. The predicted octanol–water partition coefficient (Wildman–Crippen LogP) is -2.94. The lowest BCUT2D eigenvalue weighted by molar-refractivity contribution is -0.119. The van der Waals surface area contributed by atoms with Crippen molar-refractivity contribution in [2.24, 2.45) is 0 Å². The third kappa shape index (κ3) is 3.59. The van der Waals surface area contributed by atoms with Gasteiger partial charge in [0.25, 0.3) is 0 Å². The molecule has 0 aliphatic carbocycles. The van der Waals surface area contributed by atoms with Crippen LogP contribution in [0, 0.1) is 0 Å². The van der Waals surface area contributed by atoms with Gasteiger partial charge in [-0.1, -0.05) is 12.8 Å². The first-order valence-electron chi connectivity index (χ1n) is 3.58. The number of aliphatic hydroxyl groups excluding tert-OH is 4. The van der Waals surface area contributed by atoms with E-state index >= 15 is 0 Å². The van der Waals surface area contributed by atoms with E-state index in [0.29, 0.717) is 6.29 Å². The Morgan fingerprint density at radius 2 is 1.85 bits per heavy atom. The van der Waals surface area contributed by atoms with Gasteiger partial charge in [-0.2, -0.15) is 0 Å². The number of thiol groups is 1. The molecule has 0 saturated carbocycles. The highest BCUT2D eigenvalue weighted by molar-refractivity contribution is 7.78. The molecule has 0 aliphatic rings. The second kappa shape index (κ2) is 6.30. The SMILES string of the molecule is O=C[C@H](NS)[C@@H](O)[C@H](O)C(O)CO. The zero-order valence-corrected chi connectivity index (χ0v) is 7.63. The molecule has 0 spiro atoms. The quantitative estimate of drug-likeness (QED) is 0.207. The van der Waals surface area contributed by atoms with E-state index in [0.717, 1.165) is 0 Å². The Labute approximate surface area is 80.7 Å². The lowest BCUT2D eigenvalue weighted by Gasteiger charge is -2.24. The van der Waals surface area contributed by atoms with E-state index in [4.69, 9.17) is 15.3 Å². The van der Waals surface area contributed by atoms with Gasteiger partial charge in [-0.15, -0.1) is 0 Å². The second-order valence-electron chi connectivity index (χ2n) is 2.52. The van der Waals surface area contributed by atoms with Crippen molar-refractivity contribution in [3.8, 4) is 0 Å². The highest BCUT2D eigenvalue weighted by Crippen LogP contribution is 2.03. The molecule has 0 aromatic heterocycles. The van der Waals surface area contributed by atoms with Gasteiger partial charge in [0, 0.05) is 0 Å². The minimum Gasteiger partial charge on any atom is -0.394 e. The summed E-state index contributed by atoms with van der Waals surface area (Å²) in [5.41, 5.74) is 0. The van der Waals surface area contributed by atoms with Crippen molar-refractivity contribution in [3.05, 3.63) is 0 Å². The van der Waals surface area contributed by atoms with E-state index < -0.39 is 31.0 Å². The fraction of sp³-hybridized carbons (Fsp3) is 0.833. The molecule has 0 aromatic rings. The molecule has 0 saturated heterocycles. The van der Waals surface area contributed by atoms with Crippen LogP contribution in [-0.4, -0.2) is 57.7 Å². The number of hydrogen-bond acceptors (Lipinski definition) is 7. The van der Waals surface area contributed by atoms with Gasteiger partial charge < -0.3 is 25.2 Å². The molecule has 13 heavy (non-hydrogen) atoms. The summed E-state index contributed by atoms with van der Waals surface area (Å²) < 4.78 is 2.14. The van der Waals surface area contributed by atoms with Gasteiger partial charge >= 0.3 is 0 Å². The molecular formula is C6H13NO5S. The van der Waals surface area contributed by atoms with Gasteiger partial charge in [0.15, 0.2) is 0 Å². The van der Waals surface area contributed by atoms with Crippen LogP contribution < -0.4 is 4.72 Å². The highest BCUT2D eigenvalue weighted by atomic mass is 32.1. The zero-order valence-electron chi connectivity index (χ0n) is 6.74. The van der Waals surface area contributed by atoms with Crippen molar-refractivity contribution in [1.82, 2.24) is 4.72 Å². The van der Waals surface area contributed by atoms with Gasteiger partial charge in [-0.05, 0) is 0 Å². The second-order valence-corrected chi connectivity index (χ2v) is 2.78. The predicted molar refractivity (Wildman–Crippen MR) is 47.1 cm³/mol. The minimum absolute atomic E-state index is 0.338. The third-order valence-corrected chi connectivity index (χ3v) is 1.89. The number of aliphatic hydroxyl groups is 4. The van der Waals surface area contributed by atoms with Crippen molar-refractivity contribution in [2.75, 3.05) is 6.61 Å². The molecule has 4 atom stereocenters. The summed E-state index contributed by atoms with van der Waals surface area (Å²) in [4.78, 5) is 10.3. The molecule has 0 fully saturated rings. The van der Waals surface area contributed by atoms with E-state index in [1.165, 1.54) is 0 Å². The molecule has 5 N–H and O–H groups in total. The summed E-state index contributed by atoms with van der Waals surface area (Å²) in [6.07, 6.45) is -4.26. The van der Waals surface area contributed by atoms with E-state index in [1.807, 2.05) is 0 Å². The molecule has 78 valence electrons. The summed E-state index contributed by atoms with van der Waals surface area (Å²) in [5, 5.41) is 35.7. The van der Waals surface area contributed by atoms with Crippen LogP contribution in [0.25, 0.3) is 0 Å². The van der Waals surface area contributed by atoms with Crippen molar-refractivity contribution in [1.29, 1.82) is 0 Å². The fourth-order valence-electron chi connectivity index (χ4n) is 0.735. The van der Waals surface area contributed by atoms with Gasteiger partial charge in [0.05, 0.1) is 6.61 Å². The molecule has 6 nitrogen and oxygen atoms in total. The molecule has 0 rings (SSSR count). The maximum absolute atomic E-state index is 10.3. The lowest BCUT2D eigenvalue weighted by atomic mass is 10.0. The Bertz CT molecular complexity index is 158. The molecule has 0 aliphatic heterocycles. The van der Waals surface area contributed by atoms with Crippen LogP contribution in [0.2, 0.25) is 0 Å². The van der Waals surface area contributed by atoms with Crippen LogP contribution in [-0.2, 0) is 4.79 Å². The highest BCUT2D eigenvalue weighted by Gasteiger charge is 2.30. The molecule has 0 radical (unpaired) electrons. The Kier molecular flexibility index (Phi) is 6.21. The number of carbonyl (C=O) groups is 1. The standard InChI is InChI=1S/C6H13NO5S/c8-1-3(7-13)5(11)6(12)4(10)2-9/h1,3-7,9-13H,2H2/t3-,4?,5+,6+/m0/s1. The number of rotatable bonds is 6. The molecule has 1 unspecified atom stereocenters. The third-order valence-electron chi connectivity index (χ3n) is 1.59. The summed E-state index contributed by atoms with van der Waals surface area (Å²) in [5.74, 6) is 0. The van der Waals surface area contributed by atoms with E-state index in [1.54, 1.807) is 0 Å². The van der Waals surface area contributed by atoms with Crippen molar-refractivity contribution >= 4 is 19.1 Å². The summed E-state index contributed by atoms with van der Waals surface area (Å²) in [6, 6.07) is -1.10. The average Bonchev–Trinajstić information content (AvgIpc) is 2.17. The maximum atomic E-state index is 10.3. The molecule has 7 heteroatoms. The summed E-state index contributed by atoms with van der Waals surface area (Å²) in [6.45, 7) is -0.698. The monoisotopic (exact) mass is 211 g/mol. The van der Waals surface area contributed by atoms with Crippen molar-refractivity contribution < 1.29 is 25.2 Å². The number of nitrogens with one attached hydrogen (secondary N) is 1. The van der Waals surface area contributed by atoms with Crippen LogP contribution in [0.3, 0.4) is 0 Å². The van der Waals surface area contributed by atoms with Crippen LogP contribution in [0.15, 0.2) is 0 Å². The Hall–Kier alpha value is -0.180. The largest absolute Gasteiger partial charge is 0.394 e. The maximum Gasteiger partial charge on any atom is 0.140 e. The van der Waals surface area contributed by atoms with Gasteiger partial charge in [0.1, 0.15) is 30.6 Å². The lowest BCUT2D eigenvalue weighted by Crippen LogP contribution is -2.50. The van der Waals surface area contributed by atoms with Gasteiger partial charge in [-0.25, -0.2) is 0 Å². The zero-order chi connectivity index (χ0) is 10.4. The Morgan fingerprint density at radius 1 is 1.31 bits per heavy atom. The molecule has 0 bridgehead atoms. The van der Waals surface area contributed by atoms with Crippen LogP contribution in [0.5, 0.6) is 0 Å². The Morgan fingerprint density at radius 3 is 2.15 bits per heavy atom. The van der Waals surface area contributed by atoms with Crippen LogP contribution >= 0.6 is 12.8 Å². The molecule has 0 aromatic carbocycles. The first-order valence-corrected chi connectivity index (χ1v) is 4.03. The average molecular weight is 211 g/mol. The number of carbonyl (C=O) groups excluding carboxylic acids is 1. The molecule has 0 heterocycles. The molecular weight excluding hydrogens is 198 g/mol. The number of hydrogen-bond donors (Lipinski definition) is 6. The minimum atomic E-state index is -1.60. The van der Waals surface area contributed by atoms with Gasteiger partial charge in [-0.3, -0.25) is 4.72 Å². The Balaban J connectivity index is 4.21. The topological polar surface area (TPSA) is 110 Å². The van der Waals surface area contributed by atoms with E-state index in [2.05, 4.69) is 17.5 Å². The smallest absolute Gasteiger partial charge is 0.140 e. The van der Waals surface area contributed by atoms with Crippen molar-refractivity contribution in [2.45, 2.75) is 24.4 Å². The first-order chi connectivity index (χ1) is 6.08. The van der Waals surface area contributed by atoms with Gasteiger partial charge in [0.2, 0.25) is 0 Å². The van der Waals surface area contributed by atoms with Crippen molar-refractivity contribution in [3.63, 3.8) is 0 Å². The van der Waals surface area contributed by atoms with E-state index in [-0.39, 0.29) is 0 Å². The first kappa shape index (κ1) is 12.8. The fourth-order valence-corrected chi connectivity index (χ4v) is 0.949.